The minimum absolute atomic E-state index is 0. The van der Waals surface area contributed by atoms with Gasteiger partial charge in [-0.2, -0.15) is 0 Å². The van der Waals surface area contributed by atoms with E-state index in [0.29, 0.717) is 11.5 Å². The summed E-state index contributed by atoms with van der Waals surface area (Å²) in [5.74, 6) is -1.50. The first-order valence-corrected chi connectivity index (χ1v) is 7.53. The molecule has 0 bridgehead atoms. The van der Waals surface area contributed by atoms with Crippen LogP contribution in [0.15, 0.2) is 60.7 Å². The third-order valence-electron chi connectivity index (χ3n) is 2.37. The van der Waals surface area contributed by atoms with E-state index >= 15 is 0 Å². The third kappa shape index (κ3) is 6.91. The van der Waals surface area contributed by atoms with Crippen LogP contribution in [0.4, 0.5) is 0 Å². The van der Waals surface area contributed by atoms with Gasteiger partial charge in [0.25, 0.3) is 0 Å². The summed E-state index contributed by atoms with van der Waals surface area (Å²) in [6.45, 7) is 1.20. The van der Waals surface area contributed by atoms with Crippen LogP contribution in [0.25, 0.3) is 0 Å². The van der Waals surface area contributed by atoms with Crippen molar-refractivity contribution in [3.8, 4) is 11.5 Å². The van der Waals surface area contributed by atoms with E-state index in [0.717, 1.165) is 0 Å². The Labute approximate surface area is 171 Å². The van der Waals surface area contributed by atoms with Crippen LogP contribution in [0.3, 0.4) is 0 Å². The molecule has 2 rings (SSSR count). The van der Waals surface area contributed by atoms with E-state index < -0.39 is 13.8 Å². The van der Waals surface area contributed by atoms with Crippen LogP contribution in [0, 0.1) is 0 Å². The molecule has 0 heterocycles. The molecule has 0 N–H and O–H groups in total. The van der Waals surface area contributed by atoms with Gasteiger partial charge in [0.15, 0.2) is 0 Å². The number of hydrogen-bond donors (Lipinski definition) is 0. The summed E-state index contributed by atoms with van der Waals surface area (Å²) in [5.41, 5.74) is 0. The van der Waals surface area contributed by atoms with Gasteiger partial charge in [0, 0.05) is 6.92 Å². The maximum absolute atomic E-state index is 10.9. The van der Waals surface area contributed by atoms with Gasteiger partial charge >= 0.3 is 57.4 Å². The molecule has 0 unspecified atom stereocenters. The SMILES string of the molecule is CC(Oc1ccccc1)(Oc1ccccc1)OP(=O)([O-])[O-].[K+]. The number of phosphoric ester groups is 1. The number of benzene rings is 2. The fourth-order valence-corrected chi connectivity index (χ4v) is 2.15. The van der Waals surface area contributed by atoms with Crippen LogP contribution in [0.1, 0.15) is 6.92 Å². The van der Waals surface area contributed by atoms with Crippen LogP contribution in [0.2, 0.25) is 0 Å². The molecule has 22 heavy (non-hydrogen) atoms. The third-order valence-corrected chi connectivity index (χ3v) is 2.93. The second-order valence-electron chi connectivity index (χ2n) is 4.23. The molecule has 0 aliphatic heterocycles. The monoisotopic (exact) mass is 347 g/mol. The number of phosphoric acid groups is 1. The minimum atomic E-state index is -5.31. The summed E-state index contributed by atoms with van der Waals surface area (Å²) in [6.07, 6.45) is 0. The Morgan fingerprint density at radius 1 is 0.864 bits per heavy atom. The average Bonchev–Trinajstić information content (AvgIpc) is 2.38. The topological polar surface area (TPSA) is 90.9 Å². The molecule has 0 fully saturated rings. The number of ether oxygens (including phenoxy) is 2. The fourth-order valence-electron chi connectivity index (χ4n) is 1.67. The Balaban J connectivity index is 0.00000242. The van der Waals surface area contributed by atoms with Crippen LogP contribution in [0.5, 0.6) is 11.5 Å². The molecule has 0 aliphatic rings. The normalized spacial score (nSPS) is 11.4. The quantitative estimate of drug-likeness (QED) is 0.365. The predicted octanol–water partition coefficient (Wildman–Crippen LogP) is -1.33. The van der Waals surface area contributed by atoms with E-state index in [1.54, 1.807) is 60.7 Å². The summed E-state index contributed by atoms with van der Waals surface area (Å²) in [7, 11) is -5.31. The predicted molar refractivity (Wildman–Crippen MR) is 71.2 cm³/mol. The summed E-state index contributed by atoms with van der Waals surface area (Å²) in [6, 6.07) is 16.6. The van der Waals surface area contributed by atoms with Crippen molar-refractivity contribution in [2.24, 2.45) is 0 Å². The van der Waals surface area contributed by atoms with Gasteiger partial charge in [0.05, 0.1) is 7.82 Å². The maximum atomic E-state index is 10.9. The van der Waals surface area contributed by atoms with Gasteiger partial charge in [-0.05, 0) is 24.3 Å². The second kappa shape index (κ2) is 8.59. The Morgan fingerprint density at radius 2 is 1.23 bits per heavy atom. The molecule has 0 saturated carbocycles. The minimum Gasteiger partial charge on any atom is -0.790 e. The van der Waals surface area contributed by atoms with Crippen LogP contribution >= 0.6 is 7.82 Å². The van der Waals surface area contributed by atoms with Gasteiger partial charge in [-0.1, -0.05) is 36.4 Å². The van der Waals surface area contributed by atoms with E-state index in [4.69, 9.17) is 9.47 Å². The first-order chi connectivity index (χ1) is 9.86. The molecule has 0 atom stereocenters. The second-order valence-corrected chi connectivity index (χ2v) is 5.31. The molecular weight excluding hydrogens is 334 g/mol. The molecule has 2 aromatic carbocycles. The van der Waals surface area contributed by atoms with Gasteiger partial charge < -0.3 is 23.8 Å². The Kier molecular flexibility index (Phi) is 7.74. The number of rotatable bonds is 6. The molecule has 112 valence electrons. The molecule has 0 aromatic heterocycles. The number of hydrogen-bond acceptors (Lipinski definition) is 6. The zero-order valence-corrected chi connectivity index (χ0v) is 16.2. The molecule has 6 nitrogen and oxygen atoms in total. The van der Waals surface area contributed by atoms with Crippen LogP contribution < -0.4 is 70.6 Å². The first kappa shape index (κ1) is 19.8. The van der Waals surface area contributed by atoms with Gasteiger partial charge in [-0.25, -0.2) is 0 Å². The largest absolute Gasteiger partial charge is 1.00 e. The van der Waals surface area contributed by atoms with Crippen molar-refractivity contribution in [3.63, 3.8) is 0 Å². The number of para-hydroxylation sites is 2. The van der Waals surface area contributed by atoms with Crippen LogP contribution in [-0.4, -0.2) is 5.97 Å². The first-order valence-electron chi connectivity index (χ1n) is 6.07. The average molecular weight is 347 g/mol. The summed E-state index contributed by atoms with van der Waals surface area (Å²) >= 11 is 0. The van der Waals surface area contributed by atoms with Crippen molar-refractivity contribution >= 4 is 7.82 Å². The van der Waals surface area contributed by atoms with Crippen molar-refractivity contribution in [1.29, 1.82) is 0 Å². The fraction of sp³-hybridized carbons (Fsp3) is 0.143. The molecular formula is C14H13KO6P-. The van der Waals surface area contributed by atoms with E-state index in [1.165, 1.54) is 6.92 Å². The Hall–Kier alpha value is -0.214. The molecule has 0 radical (unpaired) electrons. The van der Waals surface area contributed by atoms with E-state index in [9.17, 15) is 14.4 Å². The van der Waals surface area contributed by atoms with Gasteiger partial charge in [-0.15, -0.1) is 0 Å². The summed E-state index contributed by atoms with van der Waals surface area (Å²) < 4.78 is 26.1. The zero-order chi connectivity index (χ0) is 15.3. The van der Waals surface area contributed by atoms with Crippen molar-refractivity contribution in [2.75, 3.05) is 0 Å². The van der Waals surface area contributed by atoms with Gasteiger partial charge in [-0.3, -0.25) is 4.52 Å². The van der Waals surface area contributed by atoms with Crippen molar-refractivity contribution in [1.82, 2.24) is 0 Å². The standard InChI is InChI=1S/C14H15O6P.K/c1-14(20-21(15,16)17,18-12-8-4-2-5-9-12)19-13-10-6-3-7-11-13;/h2-11H,1H3,(H2,15,16,17);/q;+1/p-2. The van der Waals surface area contributed by atoms with E-state index in [2.05, 4.69) is 4.52 Å². The molecule has 0 aliphatic carbocycles. The van der Waals surface area contributed by atoms with Gasteiger partial charge in [0.1, 0.15) is 11.5 Å². The Morgan fingerprint density at radius 3 is 1.55 bits per heavy atom. The van der Waals surface area contributed by atoms with Crippen molar-refractivity contribution in [3.05, 3.63) is 60.7 Å². The van der Waals surface area contributed by atoms with E-state index in [1.807, 2.05) is 0 Å². The molecule has 2 aromatic rings. The smallest absolute Gasteiger partial charge is 0.790 e. The molecule has 0 spiro atoms. The zero-order valence-electron chi connectivity index (χ0n) is 12.2. The summed E-state index contributed by atoms with van der Waals surface area (Å²) in [4.78, 5) is 21.8. The van der Waals surface area contributed by atoms with Crippen LogP contribution in [-0.2, 0) is 9.09 Å². The Bertz CT molecular complexity index is 574. The van der Waals surface area contributed by atoms with Crippen molar-refractivity contribution in [2.45, 2.75) is 12.9 Å². The molecule has 0 saturated heterocycles. The van der Waals surface area contributed by atoms with E-state index in [-0.39, 0.29) is 51.4 Å². The summed E-state index contributed by atoms with van der Waals surface area (Å²) in [5, 5.41) is 0. The maximum Gasteiger partial charge on any atom is 1.00 e. The van der Waals surface area contributed by atoms with Gasteiger partial charge in [0.2, 0.25) is 0 Å². The molecule has 8 heteroatoms. The molecule has 0 amide bonds. The van der Waals surface area contributed by atoms with Crippen molar-refractivity contribution < 1.29 is 79.7 Å².